The van der Waals surface area contributed by atoms with Gasteiger partial charge in [-0.3, -0.25) is 0 Å². The minimum atomic E-state index is -0.879. The summed E-state index contributed by atoms with van der Waals surface area (Å²) in [6.07, 6.45) is -0.879. The van der Waals surface area contributed by atoms with Crippen LogP contribution in [0.25, 0.3) is 0 Å². The Hall–Kier alpha value is -0.840. The van der Waals surface area contributed by atoms with Crippen molar-refractivity contribution in [2.45, 2.75) is 26.3 Å². The standard InChI is InChI=1S/C7H14N2O2S/c1-7(2,3)9(4)6(12)11-5(8)10/h1-4H3,(H2,8,10). The van der Waals surface area contributed by atoms with Crippen LogP contribution in [0.5, 0.6) is 0 Å². The molecule has 0 aliphatic heterocycles. The fraction of sp³-hybridized carbons (Fsp3) is 0.714. The van der Waals surface area contributed by atoms with Gasteiger partial charge in [0, 0.05) is 12.6 Å². The Morgan fingerprint density at radius 2 is 1.92 bits per heavy atom. The molecule has 5 heteroatoms. The van der Waals surface area contributed by atoms with Crippen LogP contribution in [0.4, 0.5) is 4.79 Å². The van der Waals surface area contributed by atoms with Gasteiger partial charge >= 0.3 is 6.09 Å². The minimum Gasteiger partial charge on any atom is -0.383 e. The van der Waals surface area contributed by atoms with E-state index in [0.717, 1.165) is 0 Å². The highest BCUT2D eigenvalue weighted by Gasteiger charge is 2.21. The fourth-order valence-corrected chi connectivity index (χ4v) is 0.784. The number of ether oxygens (including phenoxy) is 1. The van der Waals surface area contributed by atoms with Crippen molar-refractivity contribution in [3.63, 3.8) is 0 Å². The molecular formula is C7H14N2O2S. The Morgan fingerprint density at radius 1 is 1.50 bits per heavy atom. The molecule has 0 saturated heterocycles. The lowest BCUT2D eigenvalue weighted by molar-refractivity contribution is 0.184. The maximum atomic E-state index is 10.3. The van der Waals surface area contributed by atoms with Gasteiger partial charge in [-0.05, 0) is 33.0 Å². The summed E-state index contributed by atoms with van der Waals surface area (Å²) in [5, 5.41) is 0.0926. The number of nitrogens with two attached hydrogens (primary N) is 1. The number of hydrogen-bond donors (Lipinski definition) is 1. The van der Waals surface area contributed by atoms with Crippen LogP contribution < -0.4 is 5.73 Å². The number of carbonyl (C=O) groups excluding carboxylic acids is 1. The van der Waals surface area contributed by atoms with Crippen molar-refractivity contribution in [2.24, 2.45) is 5.73 Å². The molecule has 0 aromatic heterocycles. The first-order chi connectivity index (χ1) is 5.25. The highest BCUT2D eigenvalue weighted by molar-refractivity contribution is 7.80. The molecule has 0 aromatic rings. The van der Waals surface area contributed by atoms with E-state index in [1.165, 1.54) is 0 Å². The Morgan fingerprint density at radius 3 is 2.17 bits per heavy atom. The molecule has 0 aliphatic rings. The van der Waals surface area contributed by atoms with Crippen molar-refractivity contribution in [1.29, 1.82) is 0 Å². The number of carbonyl (C=O) groups is 1. The van der Waals surface area contributed by atoms with Crippen molar-refractivity contribution in [3.8, 4) is 0 Å². The van der Waals surface area contributed by atoms with Gasteiger partial charge in [-0.25, -0.2) is 4.79 Å². The Kier molecular flexibility index (Phi) is 3.45. The van der Waals surface area contributed by atoms with Gasteiger partial charge in [0.2, 0.25) is 0 Å². The van der Waals surface area contributed by atoms with E-state index in [0.29, 0.717) is 0 Å². The first kappa shape index (κ1) is 11.2. The molecule has 4 nitrogen and oxygen atoms in total. The van der Waals surface area contributed by atoms with Crippen LogP contribution in [-0.2, 0) is 4.74 Å². The fourth-order valence-electron chi connectivity index (χ4n) is 0.428. The van der Waals surface area contributed by atoms with E-state index < -0.39 is 6.09 Å². The molecular weight excluding hydrogens is 176 g/mol. The Labute approximate surface area is 77.7 Å². The van der Waals surface area contributed by atoms with Crippen molar-refractivity contribution < 1.29 is 9.53 Å². The largest absolute Gasteiger partial charge is 0.411 e. The molecule has 70 valence electrons. The molecule has 0 atom stereocenters. The van der Waals surface area contributed by atoms with Crippen LogP contribution >= 0.6 is 12.2 Å². The number of amides is 1. The predicted octanol–water partition coefficient (Wildman–Crippen LogP) is 1.10. The van der Waals surface area contributed by atoms with Crippen LogP contribution in [0.1, 0.15) is 20.8 Å². The predicted molar refractivity (Wildman–Crippen MR) is 50.8 cm³/mol. The van der Waals surface area contributed by atoms with Gasteiger partial charge in [0.05, 0.1) is 0 Å². The zero-order chi connectivity index (χ0) is 9.94. The van der Waals surface area contributed by atoms with Gasteiger partial charge in [-0.1, -0.05) is 0 Å². The van der Waals surface area contributed by atoms with Crippen LogP contribution in [-0.4, -0.2) is 28.8 Å². The van der Waals surface area contributed by atoms with E-state index in [-0.39, 0.29) is 10.7 Å². The van der Waals surface area contributed by atoms with Crippen LogP contribution in [0.2, 0.25) is 0 Å². The molecule has 0 radical (unpaired) electrons. The topological polar surface area (TPSA) is 55.6 Å². The SMILES string of the molecule is CN(C(=S)OC(N)=O)C(C)(C)C. The van der Waals surface area contributed by atoms with Crippen LogP contribution in [0, 0.1) is 0 Å². The molecule has 0 rings (SSSR count). The molecule has 0 unspecified atom stereocenters. The van der Waals surface area contributed by atoms with Crippen molar-refractivity contribution in [2.75, 3.05) is 7.05 Å². The highest BCUT2D eigenvalue weighted by atomic mass is 32.1. The summed E-state index contributed by atoms with van der Waals surface area (Å²) in [6.45, 7) is 5.84. The third kappa shape index (κ3) is 3.52. The summed E-state index contributed by atoms with van der Waals surface area (Å²) in [4.78, 5) is 12.0. The van der Waals surface area contributed by atoms with Crippen molar-refractivity contribution in [3.05, 3.63) is 0 Å². The van der Waals surface area contributed by atoms with Gasteiger partial charge in [-0.2, -0.15) is 0 Å². The van der Waals surface area contributed by atoms with E-state index in [9.17, 15) is 4.79 Å². The maximum Gasteiger partial charge on any atom is 0.411 e. The van der Waals surface area contributed by atoms with Gasteiger partial charge in [0.25, 0.3) is 5.17 Å². The van der Waals surface area contributed by atoms with E-state index in [1.54, 1.807) is 11.9 Å². The highest BCUT2D eigenvalue weighted by Crippen LogP contribution is 2.11. The molecule has 0 bridgehead atoms. The summed E-state index contributed by atoms with van der Waals surface area (Å²) in [6, 6.07) is 0. The summed E-state index contributed by atoms with van der Waals surface area (Å²) >= 11 is 4.80. The molecule has 2 N–H and O–H groups in total. The average molecular weight is 190 g/mol. The summed E-state index contributed by atoms with van der Waals surface area (Å²) in [7, 11) is 1.74. The van der Waals surface area contributed by atoms with Crippen LogP contribution in [0.3, 0.4) is 0 Å². The summed E-state index contributed by atoms with van der Waals surface area (Å²) < 4.78 is 4.53. The third-order valence-corrected chi connectivity index (χ3v) is 1.83. The number of rotatable bonds is 0. The van der Waals surface area contributed by atoms with Crippen molar-refractivity contribution in [1.82, 2.24) is 4.90 Å². The lowest BCUT2D eigenvalue weighted by Gasteiger charge is -2.32. The second-order valence-corrected chi connectivity index (χ2v) is 3.77. The Bertz CT molecular complexity index is 198. The number of nitrogens with zero attached hydrogens (tertiary/aromatic N) is 1. The van der Waals surface area contributed by atoms with Gasteiger partial charge in [0.1, 0.15) is 0 Å². The molecule has 0 saturated carbocycles. The number of primary amides is 1. The molecule has 1 amide bonds. The second kappa shape index (κ2) is 3.71. The first-order valence-electron chi connectivity index (χ1n) is 3.50. The zero-order valence-electron chi connectivity index (χ0n) is 7.75. The Balaban J connectivity index is 4.21. The summed E-state index contributed by atoms with van der Waals surface area (Å²) in [5.41, 5.74) is 4.63. The van der Waals surface area contributed by atoms with Gasteiger partial charge in [-0.15, -0.1) is 0 Å². The molecule has 12 heavy (non-hydrogen) atoms. The molecule has 0 spiro atoms. The van der Waals surface area contributed by atoms with E-state index >= 15 is 0 Å². The smallest absolute Gasteiger partial charge is 0.383 e. The molecule has 0 fully saturated rings. The molecule has 0 heterocycles. The lowest BCUT2D eigenvalue weighted by Crippen LogP contribution is -2.43. The minimum absolute atomic E-state index is 0.0926. The number of hydrogen-bond acceptors (Lipinski definition) is 3. The molecule has 0 aromatic carbocycles. The summed E-state index contributed by atoms with van der Waals surface area (Å²) in [5.74, 6) is 0. The normalized spacial score (nSPS) is 10.7. The van der Waals surface area contributed by atoms with Crippen molar-refractivity contribution >= 4 is 23.5 Å². The quantitative estimate of drug-likeness (QED) is 0.581. The van der Waals surface area contributed by atoms with E-state index in [1.807, 2.05) is 20.8 Å². The van der Waals surface area contributed by atoms with E-state index in [4.69, 9.17) is 18.0 Å². The lowest BCUT2D eigenvalue weighted by atomic mass is 10.1. The molecule has 0 aliphatic carbocycles. The first-order valence-corrected chi connectivity index (χ1v) is 3.91. The zero-order valence-corrected chi connectivity index (χ0v) is 8.57. The van der Waals surface area contributed by atoms with Gasteiger partial charge < -0.3 is 15.4 Å². The third-order valence-electron chi connectivity index (χ3n) is 1.47. The second-order valence-electron chi connectivity index (χ2n) is 3.42. The number of thiocarbonyl (C=S) groups is 1. The van der Waals surface area contributed by atoms with E-state index in [2.05, 4.69) is 4.74 Å². The average Bonchev–Trinajstić information content (AvgIpc) is 1.82. The maximum absolute atomic E-state index is 10.3. The monoisotopic (exact) mass is 190 g/mol. The van der Waals surface area contributed by atoms with Crippen LogP contribution in [0.15, 0.2) is 0 Å². The van der Waals surface area contributed by atoms with Gasteiger partial charge in [0.15, 0.2) is 0 Å².